The second-order valence-corrected chi connectivity index (χ2v) is 3.41. The molecule has 2 rings (SSSR count). The van der Waals surface area contributed by atoms with Gasteiger partial charge in [-0.15, -0.1) is 0 Å². The minimum absolute atomic E-state index is 0.422. The van der Waals surface area contributed by atoms with Gasteiger partial charge in [0.05, 0.1) is 10.1 Å². The SMILES string of the molecule is N/N=C1\C(Cl)=C(Cl)c2ccccc21. The van der Waals surface area contributed by atoms with E-state index in [-0.39, 0.29) is 0 Å². The highest BCUT2D eigenvalue weighted by atomic mass is 35.5. The largest absolute Gasteiger partial charge is 0.323 e. The van der Waals surface area contributed by atoms with E-state index in [4.69, 9.17) is 29.0 Å². The van der Waals surface area contributed by atoms with Crippen molar-refractivity contribution < 1.29 is 0 Å². The van der Waals surface area contributed by atoms with Crippen molar-refractivity contribution >= 4 is 33.9 Å². The van der Waals surface area contributed by atoms with Crippen molar-refractivity contribution in [2.45, 2.75) is 0 Å². The Morgan fingerprint density at radius 2 is 1.62 bits per heavy atom. The average Bonchev–Trinajstić information content (AvgIpc) is 2.41. The summed E-state index contributed by atoms with van der Waals surface area (Å²) < 4.78 is 0. The molecular formula is C9H6Cl2N2. The minimum Gasteiger partial charge on any atom is -0.323 e. The van der Waals surface area contributed by atoms with Gasteiger partial charge in [-0.2, -0.15) is 5.10 Å². The lowest BCUT2D eigenvalue weighted by atomic mass is 10.1. The van der Waals surface area contributed by atoms with E-state index >= 15 is 0 Å². The van der Waals surface area contributed by atoms with Gasteiger partial charge in [-0.05, 0) is 0 Å². The molecular weight excluding hydrogens is 207 g/mol. The molecule has 0 saturated heterocycles. The Morgan fingerprint density at radius 3 is 2.23 bits per heavy atom. The molecule has 1 aliphatic carbocycles. The lowest BCUT2D eigenvalue weighted by molar-refractivity contribution is 1.25. The highest BCUT2D eigenvalue weighted by molar-refractivity contribution is 6.64. The zero-order valence-corrected chi connectivity index (χ0v) is 8.10. The molecule has 0 saturated carbocycles. The smallest absolute Gasteiger partial charge is 0.111 e. The van der Waals surface area contributed by atoms with Gasteiger partial charge in [0.1, 0.15) is 5.71 Å². The molecule has 1 aliphatic rings. The van der Waals surface area contributed by atoms with Crippen LogP contribution in [0.1, 0.15) is 11.1 Å². The Balaban J connectivity index is 2.73. The van der Waals surface area contributed by atoms with E-state index in [1.54, 1.807) is 0 Å². The molecule has 0 aromatic heterocycles. The number of allylic oxidation sites excluding steroid dienone is 1. The van der Waals surface area contributed by atoms with Crippen molar-refractivity contribution in [2.75, 3.05) is 0 Å². The van der Waals surface area contributed by atoms with E-state index < -0.39 is 0 Å². The topological polar surface area (TPSA) is 38.4 Å². The number of benzene rings is 1. The van der Waals surface area contributed by atoms with E-state index in [1.165, 1.54) is 0 Å². The average molecular weight is 213 g/mol. The van der Waals surface area contributed by atoms with Gasteiger partial charge in [-0.3, -0.25) is 0 Å². The summed E-state index contributed by atoms with van der Waals surface area (Å²) in [6.07, 6.45) is 0. The van der Waals surface area contributed by atoms with Crippen LogP contribution in [0.4, 0.5) is 0 Å². The van der Waals surface area contributed by atoms with Crippen molar-refractivity contribution in [1.29, 1.82) is 0 Å². The first-order chi connectivity index (χ1) is 6.25. The summed E-state index contributed by atoms with van der Waals surface area (Å²) in [5, 5.41) is 4.54. The first kappa shape index (κ1) is 8.60. The molecule has 0 aliphatic heterocycles. The summed E-state index contributed by atoms with van der Waals surface area (Å²) in [5.41, 5.74) is 2.33. The predicted octanol–water partition coefficient (Wildman–Crippen LogP) is 2.51. The maximum Gasteiger partial charge on any atom is 0.111 e. The zero-order chi connectivity index (χ0) is 9.42. The number of fused-ring (bicyclic) bond motifs is 1. The van der Waals surface area contributed by atoms with Crippen LogP contribution in [0.2, 0.25) is 0 Å². The molecule has 0 heterocycles. The van der Waals surface area contributed by atoms with E-state index in [0.29, 0.717) is 15.8 Å². The lowest BCUT2D eigenvalue weighted by Gasteiger charge is -1.97. The summed E-state index contributed by atoms with van der Waals surface area (Å²) in [6.45, 7) is 0. The van der Waals surface area contributed by atoms with Crippen molar-refractivity contribution in [1.82, 2.24) is 0 Å². The van der Waals surface area contributed by atoms with Crippen LogP contribution in [0, 0.1) is 0 Å². The van der Waals surface area contributed by atoms with Gasteiger partial charge in [0.25, 0.3) is 0 Å². The number of rotatable bonds is 0. The Morgan fingerprint density at radius 1 is 1.00 bits per heavy atom. The minimum atomic E-state index is 0.422. The number of hydrogen-bond donors (Lipinski definition) is 1. The fraction of sp³-hybridized carbons (Fsp3) is 0. The van der Waals surface area contributed by atoms with Crippen LogP contribution in [0.25, 0.3) is 5.03 Å². The van der Waals surface area contributed by atoms with Crippen LogP contribution in [0.15, 0.2) is 34.4 Å². The summed E-state index contributed by atoms with van der Waals surface area (Å²) in [5.74, 6) is 5.21. The van der Waals surface area contributed by atoms with E-state index in [0.717, 1.165) is 11.1 Å². The summed E-state index contributed by atoms with van der Waals surface area (Å²) in [7, 11) is 0. The lowest BCUT2D eigenvalue weighted by Crippen LogP contribution is -2.00. The molecule has 0 radical (unpaired) electrons. The Kier molecular flexibility index (Phi) is 2.02. The van der Waals surface area contributed by atoms with Crippen molar-refractivity contribution in [3.63, 3.8) is 0 Å². The molecule has 1 aromatic carbocycles. The summed E-state index contributed by atoms with van der Waals surface area (Å²) >= 11 is 11.9. The van der Waals surface area contributed by atoms with Gasteiger partial charge in [-0.1, -0.05) is 47.5 Å². The molecule has 2 N–H and O–H groups in total. The summed E-state index contributed by atoms with van der Waals surface area (Å²) in [4.78, 5) is 0. The maximum atomic E-state index is 5.98. The molecule has 0 unspecified atom stereocenters. The van der Waals surface area contributed by atoms with Crippen LogP contribution in [-0.4, -0.2) is 5.71 Å². The third-order valence-electron chi connectivity index (χ3n) is 1.95. The maximum absolute atomic E-state index is 5.98. The molecule has 0 atom stereocenters. The molecule has 0 bridgehead atoms. The molecule has 13 heavy (non-hydrogen) atoms. The second kappa shape index (κ2) is 3.05. The molecule has 1 aromatic rings. The number of nitrogens with zero attached hydrogens (tertiary/aromatic N) is 1. The van der Waals surface area contributed by atoms with Crippen LogP contribution in [0.3, 0.4) is 0 Å². The van der Waals surface area contributed by atoms with E-state index in [9.17, 15) is 0 Å². The number of nitrogens with two attached hydrogens (primary N) is 1. The Bertz CT molecular complexity index is 421. The van der Waals surface area contributed by atoms with Crippen LogP contribution < -0.4 is 5.84 Å². The highest BCUT2D eigenvalue weighted by Crippen LogP contribution is 2.37. The standard InChI is InChI=1S/C9H6Cl2N2/c10-7-5-3-1-2-4-6(5)9(13-12)8(7)11/h1-4H,12H2/b13-9-. The fourth-order valence-corrected chi connectivity index (χ4v) is 1.85. The normalized spacial score (nSPS) is 18.2. The van der Waals surface area contributed by atoms with Crippen molar-refractivity contribution in [3.05, 3.63) is 40.4 Å². The van der Waals surface area contributed by atoms with E-state index in [2.05, 4.69) is 5.10 Å². The highest BCUT2D eigenvalue weighted by Gasteiger charge is 2.24. The van der Waals surface area contributed by atoms with Crippen LogP contribution >= 0.6 is 23.2 Å². The molecule has 0 amide bonds. The first-order valence-corrected chi connectivity index (χ1v) is 4.44. The molecule has 4 heteroatoms. The Hall–Kier alpha value is -0.990. The molecule has 66 valence electrons. The van der Waals surface area contributed by atoms with Gasteiger partial charge < -0.3 is 5.84 Å². The van der Waals surface area contributed by atoms with Crippen molar-refractivity contribution in [2.24, 2.45) is 10.9 Å². The Labute approximate surface area is 85.6 Å². The molecule has 0 spiro atoms. The third kappa shape index (κ3) is 1.14. The predicted molar refractivity (Wildman–Crippen MR) is 55.8 cm³/mol. The quantitative estimate of drug-likeness (QED) is 0.521. The fourth-order valence-electron chi connectivity index (χ4n) is 1.35. The number of hydrogen-bond acceptors (Lipinski definition) is 2. The van der Waals surface area contributed by atoms with E-state index in [1.807, 2.05) is 24.3 Å². The third-order valence-corrected chi connectivity index (χ3v) is 2.81. The molecule has 0 fully saturated rings. The second-order valence-electron chi connectivity index (χ2n) is 2.65. The first-order valence-electron chi connectivity index (χ1n) is 3.69. The monoisotopic (exact) mass is 212 g/mol. The van der Waals surface area contributed by atoms with Crippen LogP contribution in [0.5, 0.6) is 0 Å². The number of halogens is 2. The van der Waals surface area contributed by atoms with Gasteiger partial charge in [0.15, 0.2) is 0 Å². The zero-order valence-electron chi connectivity index (χ0n) is 6.59. The summed E-state index contributed by atoms with van der Waals surface area (Å²) in [6, 6.07) is 7.56. The van der Waals surface area contributed by atoms with Crippen LogP contribution in [-0.2, 0) is 0 Å². The van der Waals surface area contributed by atoms with Gasteiger partial charge in [-0.25, -0.2) is 0 Å². The number of hydrazone groups is 1. The molecule has 2 nitrogen and oxygen atoms in total. The van der Waals surface area contributed by atoms with Crippen molar-refractivity contribution in [3.8, 4) is 0 Å². The van der Waals surface area contributed by atoms with Gasteiger partial charge in [0.2, 0.25) is 0 Å². The van der Waals surface area contributed by atoms with Gasteiger partial charge >= 0.3 is 0 Å². The van der Waals surface area contributed by atoms with Gasteiger partial charge in [0, 0.05) is 11.1 Å².